The highest BCUT2D eigenvalue weighted by molar-refractivity contribution is 6.02. The maximum absolute atomic E-state index is 12.6. The van der Waals surface area contributed by atoms with Crippen LogP contribution in [0.25, 0.3) is 0 Å². The molecule has 3 unspecified atom stereocenters. The first-order valence-electron chi connectivity index (χ1n) is 13.2. The van der Waals surface area contributed by atoms with Crippen LogP contribution in [-0.4, -0.2) is 56.4 Å². The van der Waals surface area contributed by atoms with Crippen LogP contribution in [0.4, 0.5) is 0 Å². The summed E-state index contributed by atoms with van der Waals surface area (Å²) < 4.78 is 21.5. The van der Waals surface area contributed by atoms with Gasteiger partial charge in [-0.25, -0.2) is 0 Å². The van der Waals surface area contributed by atoms with Gasteiger partial charge in [0.15, 0.2) is 29.5 Å². The number of carbonyl (C=O) groups is 2. The minimum atomic E-state index is -1.02. The third-order valence-corrected chi connectivity index (χ3v) is 7.10. The van der Waals surface area contributed by atoms with E-state index < -0.39 is 24.1 Å². The van der Waals surface area contributed by atoms with Crippen LogP contribution in [0.5, 0.6) is 51.7 Å². The highest BCUT2D eigenvalue weighted by atomic mass is 16.5. The van der Waals surface area contributed by atoms with Crippen LogP contribution in [0, 0.1) is 0 Å². The van der Waals surface area contributed by atoms with E-state index in [0.29, 0.717) is 16.9 Å². The molecule has 12 heteroatoms. The van der Waals surface area contributed by atoms with Crippen molar-refractivity contribution in [3.63, 3.8) is 0 Å². The molecule has 12 nitrogen and oxygen atoms in total. The number of hydrogen-bond donors (Lipinski definition) is 6. The maximum atomic E-state index is 12.6. The van der Waals surface area contributed by atoms with Crippen molar-refractivity contribution < 1.29 is 59.2 Å². The Morgan fingerprint density at radius 1 is 0.705 bits per heavy atom. The van der Waals surface area contributed by atoms with Crippen molar-refractivity contribution in [2.45, 2.75) is 24.7 Å². The van der Waals surface area contributed by atoms with E-state index in [2.05, 4.69) is 0 Å². The second-order valence-electron chi connectivity index (χ2n) is 9.99. The van der Waals surface area contributed by atoms with E-state index in [4.69, 9.17) is 18.9 Å². The van der Waals surface area contributed by atoms with Crippen molar-refractivity contribution in [1.82, 2.24) is 0 Å². The molecule has 0 aromatic heterocycles. The first-order chi connectivity index (χ1) is 21.0. The van der Waals surface area contributed by atoms with Crippen LogP contribution in [0.2, 0.25) is 0 Å². The Bertz CT molecular complexity index is 1750. The molecule has 0 fully saturated rings. The number of ketones is 2. The molecule has 0 bridgehead atoms. The second-order valence-corrected chi connectivity index (χ2v) is 9.99. The van der Waals surface area contributed by atoms with Crippen molar-refractivity contribution in [3.05, 3.63) is 89.0 Å². The van der Waals surface area contributed by atoms with Gasteiger partial charge in [-0.15, -0.1) is 0 Å². The van der Waals surface area contributed by atoms with Gasteiger partial charge >= 0.3 is 0 Å². The fourth-order valence-electron chi connectivity index (χ4n) is 5.10. The monoisotopic (exact) mass is 604 g/mol. The van der Waals surface area contributed by atoms with Crippen LogP contribution in [-0.2, 0) is 9.53 Å². The highest BCUT2D eigenvalue weighted by Crippen LogP contribution is 2.47. The van der Waals surface area contributed by atoms with Crippen LogP contribution in [0.1, 0.15) is 51.8 Å². The van der Waals surface area contributed by atoms with Gasteiger partial charge in [-0.2, -0.15) is 0 Å². The van der Waals surface area contributed by atoms with E-state index in [0.717, 1.165) is 12.1 Å². The smallest absolute Gasteiger partial charge is 0.211 e. The number of Topliss-reactive ketones (excluding diaryl/α,β-unsaturated/α-hetero) is 2. The number of fused-ring (bicyclic) bond motifs is 2. The summed E-state index contributed by atoms with van der Waals surface area (Å²) in [6, 6.07) is 15.7. The molecule has 4 aromatic carbocycles. The Labute approximate surface area is 250 Å². The molecule has 2 aliphatic heterocycles. The molecule has 2 heterocycles. The summed E-state index contributed by atoms with van der Waals surface area (Å²) in [5.41, 5.74) is 1.30. The summed E-state index contributed by atoms with van der Waals surface area (Å²) in [6.45, 7) is 0. The number of hydrogen-bond acceptors (Lipinski definition) is 12. The average molecular weight is 605 g/mol. The molecule has 0 aliphatic carbocycles. The molecular weight excluding hydrogens is 576 g/mol. The molecule has 44 heavy (non-hydrogen) atoms. The van der Waals surface area contributed by atoms with E-state index >= 15 is 0 Å². The SMILES string of the molecule is COC1C(=O)C(c2cccc(O)c2)Oc2cc(O)cc(O)c21.COc1ccc(C2CC(=O)c3c(O)cc(O)cc3O2)cc1O. The molecule has 0 amide bonds. The van der Waals surface area contributed by atoms with Crippen LogP contribution < -0.4 is 14.2 Å². The van der Waals surface area contributed by atoms with Crippen LogP contribution in [0.3, 0.4) is 0 Å². The van der Waals surface area contributed by atoms with E-state index in [9.17, 15) is 40.2 Å². The number of rotatable bonds is 4. The number of carbonyl (C=O) groups excluding carboxylic acids is 2. The summed E-state index contributed by atoms with van der Waals surface area (Å²) in [5.74, 6) is -1.10. The largest absolute Gasteiger partial charge is 0.508 e. The van der Waals surface area contributed by atoms with Gasteiger partial charge in [0.1, 0.15) is 51.9 Å². The lowest BCUT2D eigenvalue weighted by Gasteiger charge is -2.30. The first kappa shape index (κ1) is 29.9. The molecule has 228 valence electrons. The van der Waals surface area contributed by atoms with Gasteiger partial charge in [-0.05, 0) is 29.8 Å². The summed E-state index contributed by atoms with van der Waals surface area (Å²) in [5, 5.41) is 58.2. The highest BCUT2D eigenvalue weighted by Gasteiger charge is 2.40. The third kappa shape index (κ3) is 5.70. The Balaban J connectivity index is 0.000000175. The van der Waals surface area contributed by atoms with Gasteiger partial charge in [0.05, 0.1) is 19.1 Å². The van der Waals surface area contributed by atoms with Crippen molar-refractivity contribution >= 4 is 11.6 Å². The quantitative estimate of drug-likeness (QED) is 0.188. The van der Waals surface area contributed by atoms with Crippen LogP contribution in [0.15, 0.2) is 66.7 Å². The molecule has 0 spiro atoms. The molecule has 2 aliphatic rings. The number of phenols is 6. The zero-order valence-electron chi connectivity index (χ0n) is 23.4. The lowest BCUT2D eigenvalue weighted by molar-refractivity contribution is -0.139. The first-order valence-corrected chi connectivity index (χ1v) is 13.2. The standard InChI is InChI=1S/2C16H14O6/c1-21-13-3-2-8(4-10(13)18)14-7-12(20)16-11(19)5-9(17)6-15(16)22-14;1-21-16-13-11(19)6-10(18)7-12(13)22-15(14(16)20)8-3-2-4-9(17)5-8/h2-6,14,17-19H,7H2,1H3;2-7,15-19H,1H3. The van der Waals surface area contributed by atoms with E-state index in [1.54, 1.807) is 24.3 Å². The lowest BCUT2D eigenvalue weighted by atomic mass is 9.92. The van der Waals surface area contributed by atoms with Crippen molar-refractivity contribution in [2.24, 2.45) is 0 Å². The predicted molar refractivity (Wildman–Crippen MR) is 153 cm³/mol. The van der Waals surface area contributed by atoms with E-state index in [1.807, 2.05) is 0 Å². The molecule has 6 N–H and O–H groups in total. The van der Waals surface area contributed by atoms with Crippen molar-refractivity contribution in [2.75, 3.05) is 14.2 Å². The summed E-state index contributed by atoms with van der Waals surface area (Å²) in [7, 11) is 2.79. The van der Waals surface area contributed by atoms with Gasteiger partial charge in [-0.3, -0.25) is 9.59 Å². The van der Waals surface area contributed by atoms with Gasteiger partial charge in [0, 0.05) is 36.9 Å². The normalized spacial score (nSPS) is 18.5. The molecule has 4 aromatic rings. The number of methoxy groups -OCH3 is 2. The summed E-state index contributed by atoms with van der Waals surface area (Å²) in [4.78, 5) is 24.8. The Kier molecular flexibility index (Phi) is 8.10. The van der Waals surface area contributed by atoms with Gasteiger partial charge in [0.2, 0.25) is 5.78 Å². The molecule has 0 radical (unpaired) electrons. The van der Waals surface area contributed by atoms with Gasteiger partial charge < -0.3 is 49.6 Å². The number of benzene rings is 4. The number of aromatic hydroxyl groups is 6. The fraction of sp³-hybridized carbons (Fsp3) is 0.188. The van der Waals surface area contributed by atoms with Gasteiger partial charge in [0.25, 0.3) is 0 Å². The molecular formula is C32H28O12. The Hall–Kier alpha value is -5.62. The Morgan fingerprint density at radius 3 is 2.07 bits per heavy atom. The lowest BCUT2D eigenvalue weighted by Crippen LogP contribution is -2.31. The zero-order valence-corrected chi connectivity index (χ0v) is 23.4. The summed E-state index contributed by atoms with van der Waals surface area (Å²) >= 11 is 0. The van der Waals surface area contributed by atoms with Gasteiger partial charge in [-0.1, -0.05) is 18.2 Å². The minimum Gasteiger partial charge on any atom is -0.508 e. The van der Waals surface area contributed by atoms with Crippen molar-refractivity contribution in [1.29, 1.82) is 0 Å². The topological polar surface area (TPSA) is 192 Å². The predicted octanol–water partition coefficient (Wildman–Crippen LogP) is 4.71. The average Bonchev–Trinajstić information content (AvgIpc) is 2.96. The van der Waals surface area contributed by atoms with Crippen LogP contribution >= 0.6 is 0 Å². The van der Waals surface area contributed by atoms with Crippen molar-refractivity contribution in [3.8, 4) is 51.7 Å². The third-order valence-electron chi connectivity index (χ3n) is 7.10. The van der Waals surface area contributed by atoms with E-state index in [1.165, 1.54) is 44.6 Å². The Morgan fingerprint density at radius 2 is 1.41 bits per heavy atom. The fourth-order valence-corrected chi connectivity index (χ4v) is 5.10. The number of ether oxygens (including phenoxy) is 4. The molecule has 6 rings (SSSR count). The summed E-state index contributed by atoms with van der Waals surface area (Å²) in [6.07, 6.45) is -2.60. The molecule has 3 atom stereocenters. The maximum Gasteiger partial charge on any atom is 0.211 e. The zero-order chi connectivity index (χ0) is 31.7. The molecule has 0 saturated carbocycles. The van der Waals surface area contributed by atoms with E-state index in [-0.39, 0.29) is 69.3 Å². The second kappa shape index (κ2) is 11.9. The number of phenolic OH excluding ortho intramolecular Hbond substituents is 6. The molecule has 0 saturated heterocycles. The minimum absolute atomic E-state index is 0.00687.